The van der Waals surface area contributed by atoms with E-state index in [0.29, 0.717) is 0 Å². The molecule has 162 valence electrons. The van der Waals surface area contributed by atoms with E-state index in [1.54, 1.807) is 0 Å². The Morgan fingerprint density at radius 2 is 1.77 bits per heavy atom. The number of para-hydroxylation sites is 1. The van der Waals surface area contributed by atoms with Crippen molar-refractivity contribution >= 4 is 13.1 Å². The molecule has 0 saturated carbocycles. The van der Waals surface area contributed by atoms with Crippen LogP contribution in [0.25, 0.3) is 0 Å². The van der Waals surface area contributed by atoms with Crippen LogP contribution in [0.5, 0.6) is 0 Å². The van der Waals surface area contributed by atoms with Crippen LogP contribution in [0.2, 0.25) is 0 Å². The molecule has 5 rings (SSSR count). The van der Waals surface area contributed by atoms with Crippen molar-refractivity contribution in [2.75, 3.05) is 44.2 Å². The number of nitrogens with zero attached hydrogens (tertiary/aromatic N) is 2. The highest BCUT2D eigenvalue weighted by molar-refractivity contribution is 7.68. The maximum absolute atomic E-state index is 15.2. The van der Waals surface area contributed by atoms with Crippen LogP contribution in [0, 0.1) is 5.41 Å². The maximum atomic E-state index is 15.2. The van der Waals surface area contributed by atoms with Crippen molar-refractivity contribution in [3.05, 3.63) is 53.1 Å². The highest BCUT2D eigenvalue weighted by Crippen LogP contribution is 2.68. The predicted octanol–water partition coefficient (Wildman–Crippen LogP) is 3.13. The number of nitrogens with one attached hydrogen (secondary N) is 2. The van der Waals surface area contributed by atoms with Gasteiger partial charge in [-0.1, -0.05) is 44.5 Å². The van der Waals surface area contributed by atoms with Crippen LogP contribution >= 0.6 is 7.44 Å². The molecule has 1 aliphatic carbocycles. The van der Waals surface area contributed by atoms with E-state index in [9.17, 15) is 0 Å². The number of allylic oxidation sites excluding steroid dienone is 3. The molecule has 0 aromatic heterocycles. The second-order valence-corrected chi connectivity index (χ2v) is 12.1. The Labute approximate surface area is 180 Å². The third-order valence-corrected chi connectivity index (χ3v) is 9.87. The number of hydrazine groups is 1. The molecule has 3 fully saturated rings. The van der Waals surface area contributed by atoms with E-state index in [1.165, 1.54) is 17.0 Å². The number of fused-ring (bicyclic) bond motifs is 1. The minimum Gasteiger partial charge on any atom is -0.370 e. The van der Waals surface area contributed by atoms with E-state index in [4.69, 9.17) is 4.74 Å². The molecule has 3 heterocycles. The molecule has 0 radical (unpaired) electrons. The number of benzene rings is 1. The number of anilines is 1. The molecule has 4 aliphatic rings. The molecule has 1 atom stereocenters. The second-order valence-electron chi connectivity index (χ2n) is 9.58. The molecular formula is C23H34N4O2P+. The summed E-state index contributed by atoms with van der Waals surface area (Å²) in [7, 11) is -2.98. The van der Waals surface area contributed by atoms with Crippen LogP contribution in [0.3, 0.4) is 0 Å². The lowest BCUT2D eigenvalue weighted by Crippen LogP contribution is -3.12. The van der Waals surface area contributed by atoms with Gasteiger partial charge in [0.15, 0.2) is 0 Å². The normalized spacial score (nSPS) is 30.1. The van der Waals surface area contributed by atoms with Gasteiger partial charge in [-0.05, 0) is 30.4 Å². The molecule has 2 N–H and O–H groups in total. The summed E-state index contributed by atoms with van der Waals surface area (Å²) in [5.74, 6) is 0. The van der Waals surface area contributed by atoms with Crippen molar-refractivity contribution < 1.29 is 14.2 Å². The fourth-order valence-electron chi connectivity index (χ4n) is 5.33. The first-order chi connectivity index (χ1) is 14.5. The Morgan fingerprint density at radius 1 is 1.07 bits per heavy atom. The lowest BCUT2D eigenvalue weighted by molar-refractivity contribution is -0.871. The van der Waals surface area contributed by atoms with Gasteiger partial charge in [-0.15, -0.1) is 0 Å². The van der Waals surface area contributed by atoms with Gasteiger partial charge in [0.2, 0.25) is 0 Å². The first-order valence-corrected chi connectivity index (χ1v) is 13.0. The predicted molar refractivity (Wildman–Crippen MR) is 120 cm³/mol. The van der Waals surface area contributed by atoms with Crippen LogP contribution in [-0.4, -0.2) is 44.1 Å². The van der Waals surface area contributed by atoms with Gasteiger partial charge in [0.1, 0.15) is 24.1 Å². The molecule has 1 aromatic rings. The summed E-state index contributed by atoms with van der Waals surface area (Å²) < 4.78 is 25.1. The van der Waals surface area contributed by atoms with Gasteiger partial charge < -0.3 is 9.64 Å². The monoisotopic (exact) mass is 429 g/mol. The van der Waals surface area contributed by atoms with E-state index in [-0.39, 0.29) is 5.41 Å². The van der Waals surface area contributed by atoms with Gasteiger partial charge in [0.25, 0.3) is 7.44 Å². The number of hydrogen-bond donors (Lipinski definition) is 2. The largest absolute Gasteiger partial charge is 0.370 e. The van der Waals surface area contributed by atoms with Crippen molar-refractivity contribution in [1.82, 2.24) is 10.1 Å². The van der Waals surface area contributed by atoms with Crippen molar-refractivity contribution in [1.29, 1.82) is 0 Å². The zero-order chi connectivity index (χ0) is 20.8. The fourth-order valence-corrected chi connectivity index (χ4v) is 8.60. The number of piperidine rings is 1. The summed E-state index contributed by atoms with van der Waals surface area (Å²) in [6.07, 6.45) is 6.72. The first-order valence-electron chi connectivity index (χ1n) is 11.4. The van der Waals surface area contributed by atoms with Gasteiger partial charge in [-0.2, -0.15) is 0 Å². The molecule has 3 saturated heterocycles. The zero-order valence-corrected chi connectivity index (χ0v) is 19.1. The molecule has 0 bridgehead atoms. The van der Waals surface area contributed by atoms with Crippen molar-refractivity contribution in [2.45, 2.75) is 39.5 Å². The molecule has 0 amide bonds. The fraction of sp³-hybridized carbons (Fsp3) is 0.565. The molecule has 0 spiro atoms. The second kappa shape index (κ2) is 7.83. The maximum Gasteiger partial charge on any atom is 0.294 e. The zero-order valence-electron chi connectivity index (χ0n) is 18.2. The van der Waals surface area contributed by atoms with Crippen molar-refractivity contribution in [3.63, 3.8) is 0 Å². The van der Waals surface area contributed by atoms with Gasteiger partial charge in [-0.25, -0.2) is 9.45 Å². The highest BCUT2D eigenvalue weighted by Gasteiger charge is 2.54. The van der Waals surface area contributed by atoms with Crippen LogP contribution in [0.1, 0.15) is 39.5 Å². The summed E-state index contributed by atoms with van der Waals surface area (Å²) in [5.41, 5.74) is 7.01. The van der Waals surface area contributed by atoms with Gasteiger partial charge in [0, 0.05) is 19.5 Å². The Balaban J connectivity index is 1.68. The standard InChI is InChI=1S/C23H33N4O2P/c1-23(2)17-20-22(21(18-23)25-13-15-29-16-14-25)30(28,26-11-7-4-8-12-26)27(24-20)19-9-5-3-6-10-19/h3,5-6,9-10,17,24H,4,7-8,11-16,18H2,1-2H3/p+1/t30-/m1/s1. The van der Waals surface area contributed by atoms with Gasteiger partial charge in [-0.3, -0.25) is 9.99 Å². The van der Waals surface area contributed by atoms with Crippen LogP contribution in [0.15, 0.2) is 53.1 Å². The average Bonchev–Trinajstić information content (AvgIpc) is 3.07. The molecule has 3 aliphatic heterocycles. The average molecular weight is 430 g/mol. The summed E-state index contributed by atoms with van der Waals surface area (Å²) in [4.78, 5) is 1.45. The Kier molecular flexibility index (Phi) is 5.30. The van der Waals surface area contributed by atoms with Crippen LogP contribution in [-0.2, 0) is 9.30 Å². The summed E-state index contributed by atoms with van der Waals surface area (Å²) in [6, 6.07) is 10.2. The van der Waals surface area contributed by atoms with Gasteiger partial charge in [0.05, 0.1) is 24.6 Å². The summed E-state index contributed by atoms with van der Waals surface area (Å²) in [6.45, 7) is 9.82. The molecular weight excluding hydrogens is 395 g/mol. The Bertz CT molecular complexity index is 899. The third-order valence-electron chi connectivity index (χ3n) is 6.74. The Hall–Kier alpha value is -1.59. The smallest absolute Gasteiger partial charge is 0.294 e. The first kappa shape index (κ1) is 20.3. The van der Waals surface area contributed by atoms with Crippen LogP contribution < -0.4 is 15.1 Å². The van der Waals surface area contributed by atoms with E-state index < -0.39 is 7.44 Å². The quantitative estimate of drug-likeness (QED) is 0.723. The number of morpholine rings is 1. The minimum absolute atomic E-state index is 0.0336. The SMILES string of the molecule is CC1(C)C=C2NN(c3ccccc3)[P@](=O)(N3CCCCC3)C2=C([NH+]2CCOCC2)C1. The molecule has 6 nitrogen and oxygen atoms in total. The minimum atomic E-state index is -2.98. The lowest BCUT2D eigenvalue weighted by atomic mass is 9.82. The third kappa shape index (κ3) is 3.44. The van der Waals surface area contributed by atoms with Gasteiger partial charge >= 0.3 is 0 Å². The molecule has 0 unspecified atom stereocenters. The number of rotatable bonds is 3. The van der Waals surface area contributed by atoms with E-state index in [1.807, 2.05) is 23.0 Å². The topological polar surface area (TPSA) is 49.2 Å². The summed E-state index contributed by atoms with van der Waals surface area (Å²) in [5, 5.41) is 1.07. The van der Waals surface area contributed by atoms with E-state index in [2.05, 4.69) is 42.2 Å². The van der Waals surface area contributed by atoms with E-state index in [0.717, 1.165) is 75.4 Å². The number of hydrogen-bond acceptors (Lipinski definition) is 3. The van der Waals surface area contributed by atoms with Crippen molar-refractivity contribution in [2.24, 2.45) is 5.41 Å². The molecule has 30 heavy (non-hydrogen) atoms. The Morgan fingerprint density at radius 3 is 2.47 bits per heavy atom. The lowest BCUT2D eigenvalue weighted by Gasteiger charge is -2.39. The molecule has 7 heteroatoms. The molecule has 1 aromatic carbocycles. The number of quaternary nitrogens is 1. The van der Waals surface area contributed by atoms with Crippen molar-refractivity contribution in [3.8, 4) is 0 Å². The summed E-state index contributed by atoms with van der Waals surface area (Å²) >= 11 is 0. The van der Waals surface area contributed by atoms with E-state index >= 15 is 4.57 Å². The number of ether oxygens (including phenoxy) is 1. The highest BCUT2D eigenvalue weighted by atomic mass is 31.2. The van der Waals surface area contributed by atoms with Crippen LogP contribution in [0.4, 0.5) is 5.69 Å².